The summed E-state index contributed by atoms with van der Waals surface area (Å²) in [5, 5.41) is 0. The van der Waals surface area contributed by atoms with E-state index in [1.807, 2.05) is 12.2 Å². The summed E-state index contributed by atoms with van der Waals surface area (Å²) >= 11 is -2.10. The quantitative estimate of drug-likeness (QED) is 0.189. The van der Waals surface area contributed by atoms with Gasteiger partial charge in [0.05, 0.1) is 0 Å². The molecule has 0 aromatic carbocycles. The topological polar surface area (TPSA) is 17.1 Å². The van der Waals surface area contributed by atoms with E-state index in [0.717, 1.165) is 0 Å². The zero-order chi connectivity index (χ0) is 16.7. The van der Waals surface area contributed by atoms with Crippen LogP contribution in [0.15, 0.2) is 34.5 Å². The maximum absolute atomic E-state index is 10.9. The van der Waals surface area contributed by atoms with Crippen LogP contribution in [0.3, 0.4) is 0 Å². The van der Waals surface area contributed by atoms with Crippen molar-refractivity contribution in [1.29, 1.82) is 0 Å². The number of carbonyl (C=O) groups is 1. The Bertz CT molecular complexity index is 344. The van der Waals surface area contributed by atoms with Gasteiger partial charge in [0.15, 0.2) is 0 Å². The molecule has 0 saturated carbocycles. The molecule has 0 aliphatic rings. The molecule has 0 N–H and O–H groups in total. The number of hydrogen-bond donors (Lipinski definition) is 0. The maximum atomic E-state index is 10.9. The van der Waals surface area contributed by atoms with E-state index in [9.17, 15) is 4.79 Å². The molecule has 22 heavy (non-hydrogen) atoms. The number of carbonyl (C=O) groups excluding carboxylic acids is 1. The van der Waals surface area contributed by atoms with Gasteiger partial charge in [-0.05, 0) is 0 Å². The van der Waals surface area contributed by atoms with Gasteiger partial charge in [-0.15, -0.1) is 0 Å². The van der Waals surface area contributed by atoms with E-state index >= 15 is 0 Å². The van der Waals surface area contributed by atoms with E-state index in [1.165, 1.54) is 51.8 Å². The van der Waals surface area contributed by atoms with Gasteiger partial charge in [0, 0.05) is 0 Å². The van der Waals surface area contributed by atoms with Crippen molar-refractivity contribution in [2.75, 3.05) is 0 Å². The fourth-order valence-corrected chi connectivity index (χ4v) is 16.9. The van der Waals surface area contributed by atoms with Gasteiger partial charge in [-0.25, -0.2) is 0 Å². The fraction of sp³-hybridized carbons (Fsp3) is 0.650. The standard InChI is InChI=1S/C8H9O.3C4H9.Sn/c1-3-4-5-6-7-8(2)9;3*1-3-4-2;/h1,3-7H,2H3;3*1,3-4H2,2H3;/b3-1?,5-4+,7-6+;;;;. The second-order valence-corrected chi connectivity index (χ2v) is 19.4. The van der Waals surface area contributed by atoms with E-state index in [-0.39, 0.29) is 5.78 Å². The van der Waals surface area contributed by atoms with Crippen LogP contribution in [-0.4, -0.2) is 24.2 Å². The van der Waals surface area contributed by atoms with Crippen LogP contribution < -0.4 is 0 Å². The van der Waals surface area contributed by atoms with Crippen molar-refractivity contribution in [3.8, 4) is 0 Å². The van der Waals surface area contributed by atoms with Crippen molar-refractivity contribution in [1.82, 2.24) is 0 Å². The number of ketones is 1. The van der Waals surface area contributed by atoms with Gasteiger partial charge in [-0.3, -0.25) is 0 Å². The first kappa shape index (κ1) is 21.7. The van der Waals surface area contributed by atoms with Gasteiger partial charge in [0.2, 0.25) is 0 Å². The Labute approximate surface area is 142 Å². The van der Waals surface area contributed by atoms with Crippen LogP contribution >= 0.6 is 0 Å². The van der Waals surface area contributed by atoms with Crippen molar-refractivity contribution < 1.29 is 4.79 Å². The van der Waals surface area contributed by atoms with Crippen LogP contribution in [0.1, 0.15) is 66.2 Å². The summed E-state index contributed by atoms with van der Waals surface area (Å²) in [6.45, 7) is 8.52. The van der Waals surface area contributed by atoms with Crippen molar-refractivity contribution in [3.05, 3.63) is 34.5 Å². The summed E-state index contributed by atoms with van der Waals surface area (Å²) < 4.78 is 7.18. The summed E-state index contributed by atoms with van der Waals surface area (Å²) in [6, 6.07) is 0. The number of allylic oxidation sites excluding steroid dienone is 5. The van der Waals surface area contributed by atoms with Crippen LogP contribution in [0, 0.1) is 0 Å². The monoisotopic (exact) mass is 412 g/mol. The van der Waals surface area contributed by atoms with Crippen molar-refractivity contribution >= 4 is 24.2 Å². The van der Waals surface area contributed by atoms with E-state index in [4.69, 9.17) is 0 Å². The van der Waals surface area contributed by atoms with Crippen molar-refractivity contribution in [2.45, 2.75) is 79.5 Å². The molecular formula is C20H36OSn. The molecule has 0 amide bonds. The van der Waals surface area contributed by atoms with Gasteiger partial charge in [0.25, 0.3) is 0 Å². The number of rotatable bonds is 13. The summed E-state index contributed by atoms with van der Waals surface area (Å²) in [6.07, 6.45) is 18.0. The zero-order valence-electron chi connectivity index (χ0n) is 15.2. The predicted molar refractivity (Wildman–Crippen MR) is 103 cm³/mol. The van der Waals surface area contributed by atoms with Crippen LogP contribution in [0.2, 0.25) is 13.3 Å². The second-order valence-electron chi connectivity index (χ2n) is 6.39. The van der Waals surface area contributed by atoms with Gasteiger partial charge >= 0.3 is 143 Å². The Morgan fingerprint density at radius 2 is 1.23 bits per heavy atom. The fourth-order valence-electron chi connectivity index (χ4n) is 2.79. The van der Waals surface area contributed by atoms with Gasteiger partial charge in [-0.2, -0.15) is 0 Å². The van der Waals surface area contributed by atoms with Gasteiger partial charge < -0.3 is 0 Å². The van der Waals surface area contributed by atoms with Crippen LogP contribution in [0.5, 0.6) is 0 Å². The molecule has 0 spiro atoms. The first-order valence-electron chi connectivity index (χ1n) is 9.13. The predicted octanol–water partition coefficient (Wildman–Crippen LogP) is 6.63. The first-order valence-corrected chi connectivity index (χ1v) is 16.8. The zero-order valence-corrected chi connectivity index (χ0v) is 18.1. The first-order chi connectivity index (χ1) is 10.6. The Morgan fingerprint density at radius 3 is 1.64 bits per heavy atom. The average molecular weight is 411 g/mol. The molecule has 0 radical (unpaired) electrons. The molecule has 0 unspecified atom stereocenters. The Kier molecular flexibility index (Phi) is 14.1. The normalized spacial score (nSPS) is 12.9. The minimum atomic E-state index is -2.10. The van der Waals surface area contributed by atoms with Crippen LogP contribution in [0.25, 0.3) is 0 Å². The van der Waals surface area contributed by atoms with E-state index < -0.39 is 18.4 Å². The molecule has 0 aromatic heterocycles. The molecule has 0 aliphatic carbocycles. The van der Waals surface area contributed by atoms with Crippen molar-refractivity contribution in [3.63, 3.8) is 0 Å². The third kappa shape index (κ3) is 11.3. The van der Waals surface area contributed by atoms with Crippen LogP contribution in [0.4, 0.5) is 0 Å². The average Bonchev–Trinajstić information content (AvgIpc) is 2.51. The van der Waals surface area contributed by atoms with Crippen LogP contribution in [-0.2, 0) is 4.79 Å². The van der Waals surface area contributed by atoms with E-state index in [1.54, 1.807) is 13.0 Å². The Balaban J connectivity index is 4.86. The second kappa shape index (κ2) is 14.3. The molecule has 0 rings (SSSR count). The summed E-state index contributed by atoms with van der Waals surface area (Å²) in [5.74, 6) is 0.107. The Hall–Kier alpha value is -0.311. The molecular weight excluding hydrogens is 375 g/mol. The molecule has 0 atom stereocenters. The van der Waals surface area contributed by atoms with Gasteiger partial charge in [0.1, 0.15) is 0 Å². The third-order valence-corrected chi connectivity index (χ3v) is 18.3. The SMILES string of the molecule is CCC[CH2][Sn](/[CH]=C/C=C/C=C/C(C)=O)([CH2]CCC)[CH2]CCC. The molecule has 126 valence electrons. The Morgan fingerprint density at radius 1 is 0.773 bits per heavy atom. The molecule has 2 heteroatoms. The van der Waals surface area contributed by atoms with Gasteiger partial charge in [-0.1, -0.05) is 0 Å². The van der Waals surface area contributed by atoms with Crippen molar-refractivity contribution in [2.24, 2.45) is 0 Å². The molecule has 0 bridgehead atoms. The third-order valence-electron chi connectivity index (χ3n) is 4.20. The summed E-state index contributed by atoms with van der Waals surface area (Å²) in [4.78, 5) is 10.9. The molecule has 0 heterocycles. The molecule has 1 nitrogen and oxygen atoms in total. The molecule has 0 fully saturated rings. The molecule has 0 aromatic rings. The minimum absolute atomic E-state index is 0.107. The summed E-state index contributed by atoms with van der Waals surface area (Å²) in [5.41, 5.74) is 0. The molecule has 0 saturated heterocycles. The number of unbranched alkanes of at least 4 members (excludes halogenated alkanes) is 3. The van der Waals surface area contributed by atoms with E-state index in [2.05, 4.69) is 37.0 Å². The molecule has 0 aliphatic heterocycles. The summed E-state index contributed by atoms with van der Waals surface area (Å²) in [7, 11) is 0. The van der Waals surface area contributed by atoms with E-state index in [0.29, 0.717) is 0 Å². The number of hydrogen-bond acceptors (Lipinski definition) is 1.